The molecule has 2 unspecified atom stereocenters. The number of rotatable bonds is 3. The number of aromatic carboxylic acids is 1. The highest BCUT2D eigenvalue weighted by atomic mass is 16.5. The van der Waals surface area contributed by atoms with Crippen LogP contribution in [0.15, 0.2) is 12.1 Å². The molecular weight excluding hydrogens is 234 g/mol. The molecule has 0 amide bonds. The second kappa shape index (κ2) is 5.30. The highest BCUT2D eigenvalue weighted by molar-refractivity contribution is 5.85. The van der Waals surface area contributed by atoms with Gasteiger partial charge in [0.1, 0.15) is 0 Å². The molecule has 1 aromatic rings. The van der Waals surface area contributed by atoms with Crippen LogP contribution in [-0.2, 0) is 4.74 Å². The van der Waals surface area contributed by atoms with Crippen molar-refractivity contribution in [1.82, 2.24) is 10.2 Å². The third kappa shape index (κ3) is 2.59. The maximum absolute atomic E-state index is 10.7. The Hall–Kier alpha value is -1.69. The summed E-state index contributed by atoms with van der Waals surface area (Å²) in [4.78, 5) is 12.8. The number of nitrogens with zero attached hydrogens (tertiary/aromatic N) is 3. The van der Waals surface area contributed by atoms with Gasteiger partial charge in [0.05, 0.1) is 6.10 Å². The van der Waals surface area contributed by atoms with Crippen LogP contribution in [0.2, 0.25) is 0 Å². The first-order valence-electron chi connectivity index (χ1n) is 5.96. The maximum atomic E-state index is 10.7. The van der Waals surface area contributed by atoms with Gasteiger partial charge in [-0.05, 0) is 24.5 Å². The van der Waals surface area contributed by atoms with Crippen molar-refractivity contribution in [1.29, 1.82) is 0 Å². The van der Waals surface area contributed by atoms with Gasteiger partial charge in [-0.15, -0.1) is 10.2 Å². The maximum Gasteiger partial charge on any atom is 0.356 e. The van der Waals surface area contributed by atoms with Crippen molar-refractivity contribution in [2.24, 2.45) is 5.92 Å². The predicted octanol–water partition coefficient (Wildman–Crippen LogP) is 1.04. The van der Waals surface area contributed by atoms with Gasteiger partial charge in [0.2, 0.25) is 0 Å². The Balaban J connectivity index is 2.09. The van der Waals surface area contributed by atoms with Gasteiger partial charge in [-0.1, -0.05) is 6.92 Å². The van der Waals surface area contributed by atoms with E-state index in [0.29, 0.717) is 11.7 Å². The van der Waals surface area contributed by atoms with E-state index in [9.17, 15) is 4.79 Å². The Kier molecular flexibility index (Phi) is 3.76. The van der Waals surface area contributed by atoms with Crippen LogP contribution in [0, 0.1) is 5.92 Å². The van der Waals surface area contributed by atoms with Gasteiger partial charge in [-0.2, -0.15) is 0 Å². The van der Waals surface area contributed by atoms with Gasteiger partial charge >= 0.3 is 5.97 Å². The molecule has 2 heterocycles. The summed E-state index contributed by atoms with van der Waals surface area (Å²) in [6.45, 7) is 3.83. The number of piperidine rings is 1. The van der Waals surface area contributed by atoms with Crippen molar-refractivity contribution in [3.05, 3.63) is 17.8 Å². The standard InChI is InChI=1S/C12H17N3O3/c1-8-5-6-15(7-10(8)18-2)11-4-3-9(12(16)17)13-14-11/h3-4,8,10H,5-7H2,1-2H3,(H,16,17). The lowest BCUT2D eigenvalue weighted by molar-refractivity contribution is 0.0496. The summed E-state index contributed by atoms with van der Waals surface area (Å²) < 4.78 is 5.43. The molecule has 1 fully saturated rings. The van der Waals surface area contributed by atoms with Crippen molar-refractivity contribution in [3.63, 3.8) is 0 Å². The fourth-order valence-electron chi connectivity index (χ4n) is 2.16. The second-order valence-electron chi connectivity index (χ2n) is 4.57. The zero-order chi connectivity index (χ0) is 13.1. The van der Waals surface area contributed by atoms with Crippen LogP contribution in [-0.4, -0.2) is 47.6 Å². The summed E-state index contributed by atoms with van der Waals surface area (Å²) in [5, 5.41) is 16.4. The number of methoxy groups -OCH3 is 1. The molecule has 2 rings (SSSR count). The number of carboxylic acid groups (broad SMARTS) is 1. The number of carboxylic acids is 1. The van der Waals surface area contributed by atoms with E-state index in [1.807, 2.05) is 0 Å². The fourth-order valence-corrected chi connectivity index (χ4v) is 2.16. The number of ether oxygens (including phenoxy) is 1. The number of carbonyl (C=O) groups is 1. The first kappa shape index (κ1) is 12.8. The molecule has 0 aromatic carbocycles. The number of anilines is 1. The first-order valence-corrected chi connectivity index (χ1v) is 5.96. The summed E-state index contributed by atoms with van der Waals surface area (Å²) in [7, 11) is 1.71. The molecule has 1 aliphatic heterocycles. The molecule has 2 atom stereocenters. The first-order chi connectivity index (χ1) is 8.61. The molecule has 1 aliphatic rings. The second-order valence-corrected chi connectivity index (χ2v) is 4.57. The van der Waals surface area contributed by atoms with Crippen molar-refractivity contribution in [2.45, 2.75) is 19.4 Å². The highest BCUT2D eigenvalue weighted by Crippen LogP contribution is 2.23. The largest absolute Gasteiger partial charge is 0.476 e. The molecule has 6 heteroatoms. The van der Waals surface area contributed by atoms with Gasteiger partial charge in [0.25, 0.3) is 0 Å². The molecule has 98 valence electrons. The van der Waals surface area contributed by atoms with Gasteiger partial charge in [-0.3, -0.25) is 0 Å². The summed E-state index contributed by atoms with van der Waals surface area (Å²) >= 11 is 0. The zero-order valence-corrected chi connectivity index (χ0v) is 10.5. The molecule has 0 radical (unpaired) electrons. The van der Waals surface area contributed by atoms with Crippen LogP contribution in [0.1, 0.15) is 23.8 Å². The van der Waals surface area contributed by atoms with Crippen LogP contribution in [0.4, 0.5) is 5.82 Å². The Morgan fingerprint density at radius 2 is 2.28 bits per heavy atom. The Morgan fingerprint density at radius 1 is 1.50 bits per heavy atom. The topological polar surface area (TPSA) is 75.5 Å². The average molecular weight is 251 g/mol. The van der Waals surface area contributed by atoms with E-state index in [1.54, 1.807) is 13.2 Å². The van der Waals surface area contributed by atoms with Crippen LogP contribution in [0.3, 0.4) is 0 Å². The molecule has 18 heavy (non-hydrogen) atoms. The van der Waals surface area contributed by atoms with Crippen molar-refractivity contribution in [2.75, 3.05) is 25.1 Å². The summed E-state index contributed by atoms with van der Waals surface area (Å²) in [6, 6.07) is 3.17. The minimum absolute atomic E-state index is 0.0348. The zero-order valence-electron chi connectivity index (χ0n) is 10.5. The molecule has 0 aliphatic carbocycles. The monoisotopic (exact) mass is 251 g/mol. The van der Waals surface area contributed by atoms with Crippen molar-refractivity contribution in [3.8, 4) is 0 Å². The number of hydrogen-bond donors (Lipinski definition) is 1. The lowest BCUT2D eigenvalue weighted by Gasteiger charge is -2.36. The van der Waals surface area contributed by atoms with E-state index < -0.39 is 5.97 Å². The molecule has 0 spiro atoms. The van der Waals surface area contributed by atoms with E-state index in [4.69, 9.17) is 9.84 Å². The average Bonchev–Trinajstić information content (AvgIpc) is 2.39. The van der Waals surface area contributed by atoms with Gasteiger partial charge in [-0.25, -0.2) is 4.79 Å². The van der Waals surface area contributed by atoms with E-state index in [0.717, 1.165) is 19.5 Å². The van der Waals surface area contributed by atoms with Gasteiger partial charge < -0.3 is 14.7 Å². The lowest BCUT2D eigenvalue weighted by Crippen LogP contribution is -2.44. The van der Waals surface area contributed by atoms with Crippen molar-refractivity contribution < 1.29 is 14.6 Å². The van der Waals surface area contributed by atoms with Crippen LogP contribution < -0.4 is 4.90 Å². The van der Waals surface area contributed by atoms with Crippen LogP contribution in [0.25, 0.3) is 0 Å². The Bertz CT molecular complexity index is 421. The molecule has 1 N–H and O–H groups in total. The molecule has 0 saturated carbocycles. The third-order valence-corrected chi connectivity index (χ3v) is 3.39. The fraction of sp³-hybridized carbons (Fsp3) is 0.583. The van der Waals surface area contributed by atoms with E-state index in [2.05, 4.69) is 22.0 Å². The molecule has 0 bridgehead atoms. The number of aromatic nitrogens is 2. The normalized spacial score (nSPS) is 24.0. The Morgan fingerprint density at radius 3 is 2.83 bits per heavy atom. The predicted molar refractivity (Wildman–Crippen MR) is 65.8 cm³/mol. The Labute approximate surface area is 106 Å². The highest BCUT2D eigenvalue weighted by Gasteiger charge is 2.26. The van der Waals surface area contributed by atoms with E-state index >= 15 is 0 Å². The van der Waals surface area contributed by atoms with Crippen molar-refractivity contribution >= 4 is 11.8 Å². The summed E-state index contributed by atoms with van der Waals surface area (Å²) in [5.74, 6) is 0.169. The molecule has 1 saturated heterocycles. The van der Waals surface area contributed by atoms with Gasteiger partial charge in [0, 0.05) is 20.2 Å². The minimum atomic E-state index is -1.06. The quantitative estimate of drug-likeness (QED) is 0.865. The number of hydrogen-bond acceptors (Lipinski definition) is 5. The smallest absolute Gasteiger partial charge is 0.356 e. The molecule has 6 nitrogen and oxygen atoms in total. The van der Waals surface area contributed by atoms with Gasteiger partial charge in [0.15, 0.2) is 11.5 Å². The molecular formula is C12H17N3O3. The third-order valence-electron chi connectivity index (χ3n) is 3.39. The summed E-state index contributed by atoms with van der Waals surface area (Å²) in [6.07, 6.45) is 1.21. The SMILES string of the molecule is COC1CN(c2ccc(C(=O)O)nn2)CCC1C. The summed E-state index contributed by atoms with van der Waals surface area (Å²) in [5.41, 5.74) is -0.0348. The van der Waals surface area contributed by atoms with Crippen LogP contribution >= 0.6 is 0 Å². The van der Waals surface area contributed by atoms with E-state index in [-0.39, 0.29) is 11.8 Å². The van der Waals surface area contributed by atoms with E-state index in [1.165, 1.54) is 6.07 Å². The minimum Gasteiger partial charge on any atom is -0.476 e. The van der Waals surface area contributed by atoms with Crippen LogP contribution in [0.5, 0.6) is 0 Å². The molecule has 1 aromatic heterocycles. The lowest BCUT2D eigenvalue weighted by atomic mass is 9.96.